The van der Waals surface area contributed by atoms with E-state index in [1.54, 1.807) is 37.4 Å². The number of nitriles is 1. The Bertz CT molecular complexity index is 1440. The number of aromatic nitrogens is 2. The van der Waals surface area contributed by atoms with Crippen molar-refractivity contribution in [1.82, 2.24) is 19.4 Å². The van der Waals surface area contributed by atoms with E-state index in [1.165, 1.54) is 16.7 Å². The van der Waals surface area contributed by atoms with Gasteiger partial charge >= 0.3 is 0 Å². The fourth-order valence-corrected chi connectivity index (χ4v) is 5.52. The highest BCUT2D eigenvalue weighted by molar-refractivity contribution is 5.89. The normalized spacial score (nSPS) is 21.3. The molecular weight excluding hydrogens is 487 g/mol. The lowest BCUT2D eigenvalue weighted by atomic mass is 9.97. The van der Waals surface area contributed by atoms with Crippen molar-refractivity contribution in [2.24, 2.45) is 7.05 Å². The van der Waals surface area contributed by atoms with E-state index < -0.39 is 6.04 Å². The molecule has 2 aliphatic heterocycles. The molecule has 0 N–H and O–H groups in total. The van der Waals surface area contributed by atoms with Gasteiger partial charge in [-0.1, -0.05) is 12.1 Å². The Kier molecular flexibility index (Phi) is 7.15. The van der Waals surface area contributed by atoms with E-state index >= 15 is 0 Å². The smallest absolute Gasteiger partial charge is 0.252 e. The maximum absolute atomic E-state index is 13.9. The van der Waals surface area contributed by atoms with Crippen molar-refractivity contribution in [2.45, 2.75) is 32.0 Å². The molecule has 198 valence electrons. The highest BCUT2D eigenvalue weighted by atomic mass is 19.1. The third-order valence-electron chi connectivity index (χ3n) is 7.60. The lowest BCUT2D eigenvalue weighted by molar-refractivity contribution is -0.142. The maximum atomic E-state index is 13.9. The van der Waals surface area contributed by atoms with Gasteiger partial charge in [0.05, 0.1) is 24.4 Å². The first-order valence-electron chi connectivity index (χ1n) is 12.8. The number of halogens is 1. The Labute approximate surface area is 220 Å². The molecule has 10 heteroatoms. The van der Waals surface area contributed by atoms with Crippen molar-refractivity contribution >= 4 is 22.6 Å². The summed E-state index contributed by atoms with van der Waals surface area (Å²) in [7, 11) is 1.69. The summed E-state index contributed by atoms with van der Waals surface area (Å²) in [5, 5.41) is 9.43. The number of carbonyl (C=O) groups is 1. The zero-order valence-electron chi connectivity index (χ0n) is 21.8. The molecule has 38 heavy (non-hydrogen) atoms. The number of fused-ring (bicyclic) bond motifs is 1. The van der Waals surface area contributed by atoms with Crippen LogP contribution in [-0.4, -0.2) is 76.7 Å². The van der Waals surface area contributed by atoms with E-state index in [9.17, 15) is 19.2 Å². The first kappa shape index (κ1) is 25.8. The summed E-state index contributed by atoms with van der Waals surface area (Å²) >= 11 is 0. The molecule has 4 heterocycles. The largest absolute Gasteiger partial charge is 0.378 e. The SMILES string of the molecule is C[C@@H]1CN(c2cc(=O)n(C)c3ccc(C#N)nc23)[C@@H](C)CN1C(C(=O)N1CCOCC1)c1ccc(F)cc1. The molecule has 1 unspecified atom stereocenters. The summed E-state index contributed by atoms with van der Waals surface area (Å²) in [6, 6.07) is 12.5. The fourth-order valence-electron chi connectivity index (χ4n) is 5.52. The highest BCUT2D eigenvalue weighted by Crippen LogP contribution is 2.33. The van der Waals surface area contributed by atoms with Crippen LogP contribution in [0.1, 0.15) is 31.1 Å². The van der Waals surface area contributed by atoms with Crippen molar-refractivity contribution < 1.29 is 13.9 Å². The van der Waals surface area contributed by atoms with E-state index in [0.29, 0.717) is 56.1 Å². The predicted molar refractivity (Wildman–Crippen MR) is 141 cm³/mol. The van der Waals surface area contributed by atoms with Crippen LogP contribution in [0.4, 0.5) is 10.1 Å². The first-order valence-corrected chi connectivity index (χ1v) is 12.8. The van der Waals surface area contributed by atoms with Crippen LogP contribution in [0.2, 0.25) is 0 Å². The van der Waals surface area contributed by atoms with E-state index in [-0.39, 0.29) is 35.1 Å². The van der Waals surface area contributed by atoms with Crippen molar-refractivity contribution in [3.63, 3.8) is 0 Å². The van der Waals surface area contributed by atoms with Gasteiger partial charge in [0.1, 0.15) is 29.1 Å². The number of pyridine rings is 2. The minimum atomic E-state index is -0.572. The molecule has 5 rings (SSSR count). The molecule has 3 aromatic rings. The van der Waals surface area contributed by atoms with Crippen LogP contribution >= 0.6 is 0 Å². The minimum Gasteiger partial charge on any atom is -0.378 e. The van der Waals surface area contributed by atoms with Crippen molar-refractivity contribution in [3.8, 4) is 6.07 Å². The molecule has 0 bridgehead atoms. The van der Waals surface area contributed by atoms with Crippen molar-refractivity contribution in [2.75, 3.05) is 44.3 Å². The van der Waals surface area contributed by atoms with Crippen LogP contribution in [0.3, 0.4) is 0 Å². The van der Waals surface area contributed by atoms with Gasteiger partial charge in [-0.05, 0) is 43.7 Å². The second-order valence-electron chi connectivity index (χ2n) is 10.0. The third kappa shape index (κ3) is 4.75. The topological polar surface area (TPSA) is 94.7 Å². The molecule has 2 aromatic heterocycles. The molecule has 0 radical (unpaired) electrons. The molecule has 0 aliphatic carbocycles. The molecule has 1 amide bonds. The number of carbonyl (C=O) groups excluding carboxylic acids is 1. The number of nitrogens with zero attached hydrogens (tertiary/aromatic N) is 6. The van der Waals surface area contributed by atoms with E-state index in [0.717, 1.165) is 5.56 Å². The quantitative estimate of drug-likeness (QED) is 0.524. The van der Waals surface area contributed by atoms with Gasteiger partial charge in [0, 0.05) is 51.4 Å². The second-order valence-corrected chi connectivity index (χ2v) is 10.0. The predicted octanol–water partition coefficient (Wildman–Crippen LogP) is 2.44. The number of rotatable bonds is 4. The summed E-state index contributed by atoms with van der Waals surface area (Å²) in [6.07, 6.45) is 0. The van der Waals surface area contributed by atoms with Gasteiger partial charge < -0.3 is 19.1 Å². The summed E-state index contributed by atoms with van der Waals surface area (Å²) in [5.41, 5.74) is 2.79. The number of hydrogen-bond acceptors (Lipinski definition) is 7. The monoisotopic (exact) mass is 518 g/mol. The van der Waals surface area contributed by atoms with Crippen LogP contribution in [0.15, 0.2) is 47.3 Å². The minimum absolute atomic E-state index is 0.0215. The molecule has 9 nitrogen and oxygen atoms in total. The Hall–Kier alpha value is -3.81. The average molecular weight is 519 g/mol. The van der Waals surface area contributed by atoms with Gasteiger partial charge in [-0.15, -0.1) is 0 Å². The van der Waals surface area contributed by atoms with Gasteiger partial charge in [0.25, 0.3) is 5.56 Å². The summed E-state index contributed by atoms with van der Waals surface area (Å²) < 4.78 is 20.8. The molecule has 2 aliphatic rings. The van der Waals surface area contributed by atoms with Crippen LogP contribution in [-0.2, 0) is 16.6 Å². The standard InChI is InChI=1S/C28H31FN6O3/c1-18-17-35(27(20-4-6-21(29)7-5-20)28(37)33-10-12-38-13-11-33)19(2)16-34(18)24-14-25(36)32(3)23-9-8-22(15-30)31-26(23)24/h4-9,14,18-19,27H,10-13,16-17H2,1-3H3/t18-,19+,27?/m0/s1. The Balaban J connectivity index is 1.51. The van der Waals surface area contributed by atoms with Gasteiger partial charge in [0.2, 0.25) is 5.91 Å². The van der Waals surface area contributed by atoms with E-state index in [1.807, 2.05) is 4.90 Å². The molecule has 0 saturated carbocycles. The Morgan fingerprint density at radius 2 is 1.82 bits per heavy atom. The first-order chi connectivity index (χ1) is 18.3. The molecule has 2 saturated heterocycles. The number of ether oxygens (including phenoxy) is 1. The summed E-state index contributed by atoms with van der Waals surface area (Å²) in [5.74, 6) is -0.369. The molecule has 3 atom stereocenters. The third-order valence-corrected chi connectivity index (χ3v) is 7.60. The summed E-state index contributed by atoms with van der Waals surface area (Å²) in [4.78, 5) is 37.4. The number of hydrogen-bond donors (Lipinski definition) is 0. The second kappa shape index (κ2) is 10.5. The summed E-state index contributed by atoms with van der Waals surface area (Å²) in [6.45, 7) is 7.21. The molecular formula is C28H31FN6O3. The van der Waals surface area contributed by atoms with Crippen molar-refractivity contribution in [1.29, 1.82) is 5.26 Å². The van der Waals surface area contributed by atoms with Gasteiger partial charge in [-0.2, -0.15) is 5.26 Å². The van der Waals surface area contributed by atoms with Gasteiger partial charge in [-0.3, -0.25) is 14.5 Å². The molecule has 1 aromatic carbocycles. The lowest BCUT2D eigenvalue weighted by Gasteiger charge is -2.48. The van der Waals surface area contributed by atoms with Crippen molar-refractivity contribution in [3.05, 3.63) is 69.9 Å². The number of anilines is 1. The Morgan fingerprint density at radius 1 is 1.11 bits per heavy atom. The maximum Gasteiger partial charge on any atom is 0.252 e. The van der Waals surface area contributed by atoms with Crippen LogP contribution in [0, 0.1) is 17.1 Å². The zero-order valence-corrected chi connectivity index (χ0v) is 21.8. The lowest BCUT2D eigenvalue weighted by Crippen LogP contribution is -2.60. The number of amides is 1. The van der Waals surface area contributed by atoms with Crippen LogP contribution < -0.4 is 10.5 Å². The van der Waals surface area contributed by atoms with Crippen LogP contribution in [0.5, 0.6) is 0 Å². The number of morpholine rings is 1. The number of piperazine rings is 1. The van der Waals surface area contributed by atoms with E-state index in [2.05, 4.69) is 34.7 Å². The van der Waals surface area contributed by atoms with Crippen LogP contribution in [0.25, 0.3) is 11.0 Å². The fraction of sp³-hybridized carbons (Fsp3) is 0.429. The molecule has 0 spiro atoms. The van der Waals surface area contributed by atoms with Gasteiger partial charge in [0.15, 0.2) is 0 Å². The Morgan fingerprint density at radius 3 is 2.50 bits per heavy atom. The van der Waals surface area contributed by atoms with E-state index in [4.69, 9.17) is 4.74 Å². The number of benzene rings is 1. The average Bonchev–Trinajstić information content (AvgIpc) is 2.93. The van der Waals surface area contributed by atoms with Gasteiger partial charge in [-0.25, -0.2) is 9.37 Å². The zero-order chi connectivity index (χ0) is 27.0. The highest BCUT2D eigenvalue weighted by Gasteiger charge is 2.40. The molecule has 2 fully saturated rings. The number of aryl methyl sites for hydroxylation is 1.